The molecule has 0 fully saturated rings. The number of furan rings is 1. The fraction of sp³-hybridized carbons (Fsp3) is 0.400. The Hall–Kier alpha value is -1.81. The summed E-state index contributed by atoms with van der Waals surface area (Å²) in [4.78, 5) is 4.20. The van der Waals surface area contributed by atoms with E-state index in [0.29, 0.717) is 6.61 Å². The molecule has 2 heterocycles. The van der Waals surface area contributed by atoms with Gasteiger partial charge in [0.2, 0.25) is 0 Å². The van der Waals surface area contributed by atoms with Crippen LogP contribution in [-0.4, -0.2) is 11.5 Å². The Morgan fingerprint density at radius 1 is 1.32 bits per heavy atom. The predicted octanol–water partition coefficient (Wildman–Crippen LogP) is 2.98. The van der Waals surface area contributed by atoms with Gasteiger partial charge in [-0.15, -0.1) is 0 Å². The molecule has 2 rings (SSSR count). The van der Waals surface area contributed by atoms with Gasteiger partial charge in [0.05, 0.1) is 12.7 Å². The van der Waals surface area contributed by atoms with Crippen molar-refractivity contribution in [2.75, 3.05) is 6.54 Å². The van der Waals surface area contributed by atoms with Crippen molar-refractivity contribution in [2.24, 2.45) is 0 Å². The van der Waals surface area contributed by atoms with Crippen LogP contribution in [0.5, 0.6) is 5.75 Å². The van der Waals surface area contributed by atoms with Gasteiger partial charge in [-0.1, -0.05) is 6.92 Å². The Balaban J connectivity index is 1.95. The van der Waals surface area contributed by atoms with E-state index in [9.17, 15) is 0 Å². The maximum absolute atomic E-state index is 5.70. The van der Waals surface area contributed by atoms with Crippen LogP contribution in [0.3, 0.4) is 0 Å². The summed E-state index contributed by atoms with van der Waals surface area (Å²) in [6, 6.07) is 5.91. The van der Waals surface area contributed by atoms with Gasteiger partial charge in [0.1, 0.15) is 23.9 Å². The third-order valence-electron chi connectivity index (χ3n) is 2.90. The Morgan fingerprint density at radius 2 is 2.16 bits per heavy atom. The van der Waals surface area contributed by atoms with Gasteiger partial charge in [-0.25, -0.2) is 0 Å². The quantitative estimate of drug-likeness (QED) is 0.867. The van der Waals surface area contributed by atoms with Crippen molar-refractivity contribution in [3.8, 4) is 5.75 Å². The van der Waals surface area contributed by atoms with Gasteiger partial charge in [0, 0.05) is 11.3 Å². The van der Waals surface area contributed by atoms with Gasteiger partial charge in [-0.2, -0.15) is 0 Å². The number of nitrogens with zero attached hydrogens (tertiary/aromatic N) is 1. The Bertz CT molecular complexity index is 517. The zero-order chi connectivity index (χ0) is 13.7. The van der Waals surface area contributed by atoms with Crippen molar-refractivity contribution in [1.82, 2.24) is 10.3 Å². The molecule has 0 bridgehead atoms. The summed E-state index contributed by atoms with van der Waals surface area (Å²) < 4.78 is 11.4. The van der Waals surface area contributed by atoms with Gasteiger partial charge < -0.3 is 14.5 Å². The molecule has 4 heteroatoms. The lowest BCUT2D eigenvalue weighted by molar-refractivity contribution is 0.301. The lowest BCUT2D eigenvalue weighted by Crippen LogP contribution is -2.10. The van der Waals surface area contributed by atoms with E-state index in [1.807, 2.05) is 32.0 Å². The molecular formula is C15H20N2O2. The van der Waals surface area contributed by atoms with Gasteiger partial charge >= 0.3 is 0 Å². The molecule has 19 heavy (non-hydrogen) atoms. The zero-order valence-corrected chi connectivity index (χ0v) is 11.7. The van der Waals surface area contributed by atoms with Crippen LogP contribution in [-0.2, 0) is 13.2 Å². The number of pyridine rings is 1. The minimum absolute atomic E-state index is 0.506. The van der Waals surface area contributed by atoms with Crippen LogP contribution >= 0.6 is 0 Å². The van der Waals surface area contributed by atoms with Crippen molar-refractivity contribution in [2.45, 2.75) is 33.9 Å². The lowest BCUT2D eigenvalue weighted by Gasteiger charge is -2.04. The van der Waals surface area contributed by atoms with Crippen LogP contribution in [0, 0.1) is 13.8 Å². The molecule has 0 radical (unpaired) electrons. The van der Waals surface area contributed by atoms with Crippen molar-refractivity contribution in [3.63, 3.8) is 0 Å². The first-order chi connectivity index (χ1) is 9.19. The third-order valence-corrected chi connectivity index (χ3v) is 2.90. The second kappa shape index (κ2) is 6.38. The van der Waals surface area contributed by atoms with Crippen molar-refractivity contribution >= 4 is 0 Å². The molecule has 0 aliphatic heterocycles. The summed E-state index contributed by atoms with van der Waals surface area (Å²) in [5.74, 6) is 2.63. The third kappa shape index (κ3) is 3.83. The molecular weight excluding hydrogens is 240 g/mol. The topological polar surface area (TPSA) is 47.3 Å². The van der Waals surface area contributed by atoms with E-state index in [2.05, 4.69) is 17.2 Å². The van der Waals surface area contributed by atoms with Crippen molar-refractivity contribution < 1.29 is 9.15 Å². The smallest absolute Gasteiger partial charge is 0.138 e. The molecule has 0 aromatic carbocycles. The largest absolute Gasteiger partial charge is 0.487 e. The highest BCUT2D eigenvalue weighted by Crippen LogP contribution is 2.17. The molecule has 0 atom stereocenters. The summed E-state index contributed by atoms with van der Waals surface area (Å²) in [6.07, 6.45) is 1.74. The standard InChI is InChI=1S/C15H20N2O2/c1-4-16-8-15-7-13(12(3)19-15)10-18-14-6-5-11(2)17-9-14/h5-7,9,16H,4,8,10H2,1-3H3. The number of ether oxygens (including phenoxy) is 1. The first kappa shape index (κ1) is 13.6. The molecule has 2 aromatic rings. The number of aryl methyl sites for hydroxylation is 2. The average Bonchev–Trinajstić information content (AvgIpc) is 2.76. The molecule has 4 nitrogen and oxygen atoms in total. The highest BCUT2D eigenvalue weighted by atomic mass is 16.5. The summed E-state index contributed by atoms with van der Waals surface area (Å²) in [5, 5.41) is 3.24. The first-order valence-electron chi connectivity index (χ1n) is 6.53. The molecule has 0 aliphatic rings. The van der Waals surface area contributed by atoms with E-state index >= 15 is 0 Å². The molecule has 0 aliphatic carbocycles. The summed E-state index contributed by atoms with van der Waals surface area (Å²) in [7, 11) is 0. The minimum atomic E-state index is 0.506. The van der Waals surface area contributed by atoms with E-state index < -0.39 is 0 Å². The Kier molecular flexibility index (Phi) is 4.58. The maximum atomic E-state index is 5.70. The van der Waals surface area contributed by atoms with Gasteiger partial charge in [0.25, 0.3) is 0 Å². The van der Waals surface area contributed by atoms with Crippen LogP contribution in [0.1, 0.15) is 29.7 Å². The van der Waals surface area contributed by atoms with E-state index in [1.165, 1.54) is 0 Å². The van der Waals surface area contributed by atoms with Gasteiger partial charge in [-0.05, 0) is 38.6 Å². The normalized spacial score (nSPS) is 10.7. The van der Waals surface area contributed by atoms with Crippen molar-refractivity contribution in [1.29, 1.82) is 0 Å². The van der Waals surface area contributed by atoms with Crippen LogP contribution in [0.15, 0.2) is 28.8 Å². The minimum Gasteiger partial charge on any atom is -0.487 e. The summed E-state index contributed by atoms with van der Waals surface area (Å²) in [5.41, 5.74) is 2.06. The zero-order valence-electron chi connectivity index (χ0n) is 11.7. The molecule has 0 amide bonds. The second-order valence-corrected chi connectivity index (χ2v) is 4.50. The van der Waals surface area contributed by atoms with Crippen LogP contribution in [0.2, 0.25) is 0 Å². The molecule has 102 valence electrons. The SMILES string of the molecule is CCNCc1cc(COc2ccc(C)nc2)c(C)o1. The predicted molar refractivity (Wildman–Crippen MR) is 74.1 cm³/mol. The van der Waals surface area contributed by atoms with Crippen LogP contribution in [0.25, 0.3) is 0 Å². The highest BCUT2D eigenvalue weighted by molar-refractivity contribution is 5.23. The number of hydrogen-bond donors (Lipinski definition) is 1. The first-order valence-corrected chi connectivity index (χ1v) is 6.53. The summed E-state index contributed by atoms with van der Waals surface area (Å²) in [6.45, 7) is 8.18. The molecule has 0 spiro atoms. The van der Waals surface area contributed by atoms with E-state index in [1.54, 1.807) is 6.20 Å². The van der Waals surface area contributed by atoms with E-state index in [4.69, 9.17) is 9.15 Å². The van der Waals surface area contributed by atoms with Crippen LogP contribution in [0.4, 0.5) is 0 Å². The van der Waals surface area contributed by atoms with Crippen molar-refractivity contribution in [3.05, 3.63) is 47.2 Å². The fourth-order valence-electron chi connectivity index (χ4n) is 1.77. The molecule has 0 unspecified atom stereocenters. The lowest BCUT2D eigenvalue weighted by atomic mass is 10.2. The molecule has 2 aromatic heterocycles. The average molecular weight is 260 g/mol. The second-order valence-electron chi connectivity index (χ2n) is 4.50. The fourth-order valence-corrected chi connectivity index (χ4v) is 1.77. The van der Waals surface area contributed by atoms with E-state index in [0.717, 1.165) is 41.6 Å². The Labute approximate surface area is 113 Å². The molecule has 1 N–H and O–H groups in total. The summed E-state index contributed by atoms with van der Waals surface area (Å²) >= 11 is 0. The van der Waals surface area contributed by atoms with Crippen LogP contribution < -0.4 is 10.1 Å². The number of hydrogen-bond acceptors (Lipinski definition) is 4. The highest BCUT2D eigenvalue weighted by Gasteiger charge is 2.07. The molecule has 0 saturated carbocycles. The number of aromatic nitrogens is 1. The van der Waals surface area contributed by atoms with E-state index in [-0.39, 0.29) is 0 Å². The number of nitrogens with one attached hydrogen (secondary N) is 1. The van der Waals surface area contributed by atoms with Gasteiger partial charge in [-0.3, -0.25) is 4.98 Å². The molecule has 0 saturated heterocycles. The maximum Gasteiger partial charge on any atom is 0.138 e. The Morgan fingerprint density at radius 3 is 2.84 bits per heavy atom. The number of rotatable bonds is 6. The monoisotopic (exact) mass is 260 g/mol. The van der Waals surface area contributed by atoms with Gasteiger partial charge in [0.15, 0.2) is 0 Å².